The summed E-state index contributed by atoms with van der Waals surface area (Å²) in [5.41, 5.74) is -0.422. The molecule has 0 radical (unpaired) electrons. The maximum atomic E-state index is 12.2. The van der Waals surface area contributed by atoms with Gasteiger partial charge in [-0.3, -0.25) is 0 Å². The van der Waals surface area contributed by atoms with Gasteiger partial charge in [0.15, 0.2) is 0 Å². The Hall–Kier alpha value is -0.770. The van der Waals surface area contributed by atoms with E-state index in [0.717, 1.165) is 19.4 Å². The van der Waals surface area contributed by atoms with E-state index in [1.165, 1.54) is 32.1 Å². The predicted molar refractivity (Wildman–Crippen MR) is 78.8 cm³/mol. The largest absolute Gasteiger partial charge is 0.444 e. The molecule has 1 heterocycles. The van der Waals surface area contributed by atoms with Crippen LogP contribution < -0.4 is 0 Å². The molecule has 2 aliphatic rings. The van der Waals surface area contributed by atoms with Crippen LogP contribution in [-0.4, -0.2) is 41.9 Å². The fourth-order valence-corrected chi connectivity index (χ4v) is 3.05. The van der Waals surface area contributed by atoms with E-state index in [-0.39, 0.29) is 12.1 Å². The molecule has 0 aromatic carbocycles. The molecule has 0 N–H and O–H groups in total. The van der Waals surface area contributed by atoms with Crippen molar-refractivity contribution in [3.05, 3.63) is 0 Å². The zero-order valence-corrected chi connectivity index (χ0v) is 13.2. The Morgan fingerprint density at radius 3 is 2.45 bits per heavy atom. The molecule has 1 atom stereocenters. The summed E-state index contributed by atoms with van der Waals surface area (Å²) in [6.07, 6.45) is 8.57. The number of hydrogen-bond donors (Lipinski definition) is 0. The second-order valence-electron chi connectivity index (χ2n) is 7.06. The lowest BCUT2D eigenvalue weighted by molar-refractivity contribution is -0.0144. The van der Waals surface area contributed by atoms with Gasteiger partial charge in [-0.25, -0.2) is 4.79 Å². The van der Waals surface area contributed by atoms with E-state index in [9.17, 15) is 4.79 Å². The fraction of sp³-hybridized carbons (Fsp3) is 0.938. The van der Waals surface area contributed by atoms with Gasteiger partial charge in [-0.15, -0.1) is 0 Å². The topological polar surface area (TPSA) is 38.8 Å². The van der Waals surface area contributed by atoms with Gasteiger partial charge >= 0.3 is 6.09 Å². The van der Waals surface area contributed by atoms with Crippen LogP contribution in [-0.2, 0) is 9.47 Å². The lowest BCUT2D eigenvalue weighted by atomic mass is 9.98. The SMILES string of the molecule is CC(C)(C)OC(=O)N1CCC[C@H]1COC1CCCCC1. The molecule has 0 bridgehead atoms. The zero-order valence-electron chi connectivity index (χ0n) is 13.2. The van der Waals surface area contributed by atoms with Gasteiger partial charge in [0.25, 0.3) is 0 Å². The first-order valence-electron chi connectivity index (χ1n) is 8.07. The van der Waals surface area contributed by atoms with Crippen molar-refractivity contribution in [2.45, 2.75) is 83.5 Å². The second-order valence-corrected chi connectivity index (χ2v) is 7.06. The molecular formula is C16H29NO3. The van der Waals surface area contributed by atoms with E-state index < -0.39 is 5.60 Å². The van der Waals surface area contributed by atoms with E-state index in [2.05, 4.69) is 0 Å². The summed E-state index contributed by atoms with van der Waals surface area (Å²) in [5.74, 6) is 0. The van der Waals surface area contributed by atoms with E-state index in [4.69, 9.17) is 9.47 Å². The first kappa shape index (κ1) is 15.6. The van der Waals surface area contributed by atoms with E-state index >= 15 is 0 Å². The van der Waals surface area contributed by atoms with Gasteiger partial charge in [0.2, 0.25) is 0 Å². The third-order valence-corrected chi connectivity index (χ3v) is 4.08. The normalized spacial score (nSPS) is 24.9. The van der Waals surface area contributed by atoms with Crippen LogP contribution in [0, 0.1) is 0 Å². The van der Waals surface area contributed by atoms with Gasteiger partial charge in [-0.05, 0) is 46.5 Å². The summed E-state index contributed by atoms with van der Waals surface area (Å²) >= 11 is 0. The quantitative estimate of drug-likeness (QED) is 0.792. The smallest absolute Gasteiger partial charge is 0.410 e. The number of amides is 1. The molecule has 1 aliphatic heterocycles. The first-order chi connectivity index (χ1) is 9.46. The number of hydrogen-bond acceptors (Lipinski definition) is 3. The summed E-state index contributed by atoms with van der Waals surface area (Å²) in [6.45, 7) is 7.20. The number of carbonyl (C=O) groups excluding carboxylic acids is 1. The molecule has 2 fully saturated rings. The molecule has 20 heavy (non-hydrogen) atoms. The standard InChI is InChI=1S/C16H29NO3/c1-16(2,3)20-15(18)17-11-7-8-13(17)12-19-14-9-5-4-6-10-14/h13-14H,4-12H2,1-3H3/t13-/m0/s1. The molecule has 1 amide bonds. The molecule has 4 nitrogen and oxygen atoms in total. The Balaban J connectivity index is 1.79. The lowest BCUT2D eigenvalue weighted by Crippen LogP contribution is -2.42. The Labute approximate surface area is 122 Å². The van der Waals surface area contributed by atoms with Crippen molar-refractivity contribution in [1.82, 2.24) is 4.90 Å². The average molecular weight is 283 g/mol. The van der Waals surface area contributed by atoms with E-state index in [1.54, 1.807) is 0 Å². The highest BCUT2D eigenvalue weighted by molar-refractivity contribution is 5.68. The van der Waals surface area contributed by atoms with Crippen molar-refractivity contribution in [2.75, 3.05) is 13.2 Å². The van der Waals surface area contributed by atoms with Crippen molar-refractivity contribution < 1.29 is 14.3 Å². The third kappa shape index (κ3) is 4.65. The third-order valence-electron chi connectivity index (χ3n) is 4.08. The molecule has 0 unspecified atom stereocenters. The number of ether oxygens (including phenoxy) is 2. The fourth-order valence-electron chi connectivity index (χ4n) is 3.05. The van der Waals surface area contributed by atoms with E-state index in [0.29, 0.717) is 12.7 Å². The highest BCUT2D eigenvalue weighted by Gasteiger charge is 2.32. The summed E-state index contributed by atoms with van der Waals surface area (Å²) < 4.78 is 11.5. The van der Waals surface area contributed by atoms with Gasteiger partial charge < -0.3 is 14.4 Å². The van der Waals surface area contributed by atoms with Crippen LogP contribution in [0.25, 0.3) is 0 Å². The Kier molecular flexibility index (Phi) is 5.30. The van der Waals surface area contributed by atoms with Crippen LogP contribution >= 0.6 is 0 Å². The van der Waals surface area contributed by atoms with Crippen LogP contribution in [0.2, 0.25) is 0 Å². The van der Waals surface area contributed by atoms with Gasteiger partial charge in [-0.2, -0.15) is 0 Å². The van der Waals surface area contributed by atoms with Gasteiger partial charge in [0, 0.05) is 6.54 Å². The number of rotatable bonds is 3. The molecular weight excluding hydrogens is 254 g/mol. The molecule has 1 saturated heterocycles. The first-order valence-corrected chi connectivity index (χ1v) is 8.07. The Morgan fingerprint density at radius 2 is 1.80 bits per heavy atom. The maximum Gasteiger partial charge on any atom is 0.410 e. The summed E-state index contributed by atoms with van der Waals surface area (Å²) in [4.78, 5) is 14.0. The number of likely N-dealkylation sites (tertiary alicyclic amines) is 1. The second kappa shape index (κ2) is 6.79. The van der Waals surface area contributed by atoms with Crippen LogP contribution in [0.1, 0.15) is 65.7 Å². The Morgan fingerprint density at radius 1 is 1.10 bits per heavy atom. The minimum Gasteiger partial charge on any atom is -0.444 e. The predicted octanol–water partition coefficient (Wildman–Crippen LogP) is 3.74. The summed E-state index contributed by atoms with van der Waals surface area (Å²) in [5, 5.41) is 0. The van der Waals surface area contributed by atoms with Crippen LogP contribution in [0.15, 0.2) is 0 Å². The molecule has 0 aromatic rings. The Bertz CT molecular complexity index is 318. The number of nitrogens with zero attached hydrogens (tertiary/aromatic N) is 1. The summed E-state index contributed by atoms with van der Waals surface area (Å²) in [6, 6.07) is 0.201. The lowest BCUT2D eigenvalue weighted by Gasteiger charge is -2.30. The van der Waals surface area contributed by atoms with Crippen molar-refractivity contribution in [2.24, 2.45) is 0 Å². The molecule has 2 rings (SSSR count). The molecule has 1 aliphatic carbocycles. The van der Waals surface area contributed by atoms with Crippen molar-refractivity contribution in [1.29, 1.82) is 0 Å². The zero-order chi connectivity index (χ0) is 14.6. The monoisotopic (exact) mass is 283 g/mol. The van der Waals surface area contributed by atoms with Gasteiger partial charge in [0.05, 0.1) is 18.8 Å². The average Bonchev–Trinajstić information content (AvgIpc) is 2.84. The highest BCUT2D eigenvalue weighted by atomic mass is 16.6. The molecule has 0 aromatic heterocycles. The van der Waals surface area contributed by atoms with Crippen molar-refractivity contribution in [3.8, 4) is 0 Å². The van der Waals surface area contributed by atoms with Crippen molar-refractivity contribution >= 4 is 6.09 Å². The van der Waals surface area contributed by atoms with Crippen molar-refractivity contribution in [3.63, 3.8) is 0 Å². The van der Waals surface area contributed by atoms with Gasteiger partial charge in [-0.1, -0.05) is 19.3 Å². The van der Waals surface area contributed by atoms with Crippen LogP contribution in [0.4, 0.5) is 4.79 Å². The molecule has 0 spiro atoms. The highest BCUT2D eigenvalue weighted by Crippen LogP contribution is 2.24. The molecule has 1 saturated carbocycles. The van der Waals surface area contributed by atoms with Gasteiger partial charge in [0.1, 0.15) is 5.60 Å². The maximum absolute atomic E-state index is 12.2. The van der Waals surface area contributed by atoms with Crippen LogP contribution in [0.5, 0.6) is 0 Å². The summed E-state index contributed by atoms with van der Waals surface area (Å²) in [7, 11) is 0. The number of carbonyl (C=O) groups is 1. The van der Waals surface area contributed by atoms with E-state index in [1.807, 2.05) is 25.7 Å². The van der Waals surface area contributed by atoms with Crippen LogP contribution in [0.3, 0.4) is 0 Å². The molecule has 4 heteroatoms. The minimum atomic E-state index is -0.422. The minimum absolute atomic E-state index is 0.188. The molecule has 116 valence electrons.